The van der Waals surface area contributed by atoms with Gasteiger partial charge in [0.2, 0.25) is 0 Å². The number of benzene rings is 1. The first-order valence-corrected chi connectivity index (χ1v) is 8.31. The third-order valence-electron chi connectivity index (χ3n) is 3.16. The van der Waals surface area contributed by atoms with E-state index in [0.29, 0.717) is 18.0 Å². The number of anilines is 1. The predicted molar refractivity (Wildman–Crippen MR) is 76.8 cm³/mol. The Morgan fingerprint density at radius 3 is 2.78 bits per heavy atom. The summed E-state index contributed by atoms with van der Waals surface area (Å²) in [5.74, 6) is 0.149. The van der Waals surface area contributed by atoms with Crippen molar-refractivity contribution in [3.05, 3.63) is 22.2 Å². The average Bonchev–Trinajstić information content (AvgIpc) is 2.23. The second kappa shape index (κ2) is 4.83. The van der Waals surface area contributed by atoms with Crippen LogP contribution in [0.2, 0.25) is 0 Å². The quantitative estimate of drug-likeness (QED) is 0.895. The standard InChI is InChI=1S/C12H17BrN2O2S/c1-8-5-10(13)12-11(6-8)18(16,17)7-9(2)15(12)4-3-14/h5-6,9H,3-4,7,14H2,1-2H3. The highest BCUT2D eigenvalue weighted by atomic mass is 79.9. The van der Waals surface area contributed by atoms with E-state index < -0.39 is 9.84 Å². The van der Waals surface area contributed by atoms with Crippen LogP contribution in [0.25, 0.3) is 0 Å². The third-order valence-corrected chi connectivity index (χ3v) is 5.66. The van der Waals surface area contributed by atoms with Crippen LogP contribution in [0.4, 0.5) is 5.69 Å². The SMILES string of the molecule is Cc1cc(Br)c2c(c1)S(=O)(=O)CC(C)N2CCN. The third kappa shape index (κ3) is 2.29. The van der Waals surface area contributed by atoms with E-state index in [9.17, 15) is 8.42 Å². The molecule has 2 rings (SSSR count). The fraction of sp³-hybridized carbons (Fsp3) is 0.500. The summed E-state index contributed by atoms with van der Waals surface area (Å²) < 4.78 is 25.3. The lowest BCUT2D eigenvalue weighted by atomic mass is 10.1. The minimum Gasteiger partial charge on any atom is -0.365 e. The molecule has 1 atom stereocenters. The van der Waals surface area contributed by atoms with Gasteiger partial charge in [0.1, 0.15) is 0 Å². The van der Waals surface area contributed by atoms with Crippen molar-refractivity contribution < 1.29 is 8.42 Å². The number of rotatable bonds is 2. The second-order valence-electron chi connectivity index (χ2n) is 4.71. The van der Waals surface area contributed by atoms with Gasteiger partial charge in [0, 0.05) is 23.6 Å². The maximum atomic E-state index is 12.3. The number of nitrogens with zero attached hydrogens (tertiary/aromatic N) is 1. The monoisotopic (exact) mass is 332 g/mol. The van der Waals surface area contributed by atoms with Crippen LogP contribution in [-0.4, -0.2) is 33.3 Å². The fourth-order valence-corrected chi connectivity index (χ4v) is 5.22. The number of aryl methyl sites for hydroxylation is 1. The van der Waals surface area contributed by atoms with E-state index in [1.165, 1.54) is 0 Å². The van der Waals surface area contributed by atoms with Crippen LogP contribution in [0.15, 0.2) is 21.5 Å². The second-order valence-corrected chi connectivity index (χ2v) is 7.56. The lowest BCUT2D eigenvalue weighted by Gasteiger charge is -2.37. The molecule has 1 heterocycles. The predicted octanol–water partition coefficient (Wildman–Crippen LogP) is 1.70. The van der Waals surface area contributed by atoms with Gasteiger partial charge in [0.05, 0.1) is 16.3 Å². The summed E-state index contributed by atoms with van der Waals surface area (Å²) in [6, 6.07) is 3.63. The molecule has 0 aliphatic carbocycles. The molecule has 2 N–H and O–H groups in total. The van der Waals surface area contributed by atoms with E-state index in [1.807, 2.05) is 19.9 Å². The summed E-state index contributed by atoms with van der Waals surface area (Å²) in [5, 5.41) is 0. The molecule has 0 amide bonds. The van der Waals surface area contributed by atoms with E-state index in [4.69, 9.17) is 5.73 Å². The Bertz CT molecular complexity index is 572. The van der Waals surface area contributed by atoms with E-state index in [2.05, 4.69) is 20.8 Å². The Morgan fingerprint density at radius 1 is 1.50 bits per heavy atom. The van der Waals surface area contributed by atoms with Gasteiger partial charge in [-0.2, -0.15) is 0 Å². The minimum atomic E-state index is -3.20. The molecule has 100 valence electrons. The van der Waals surface area contributed by atoms with Crippen molar-refractivity contribution in [2.75, 3.05) is 23.7 Å². The van der Waals surface area contributed by atoms with Crippen molar-refractivity contribution >= 4 is 31.5 Å². The first kappa shape index (κ1) is 13.8. The van der Waals surface area contributed by atoms with Gasteiger partial charge in [0.15, 0.2) is 9.84 Å². The topological polar surface area (TPSA) is 63.4 Å². The highest BCUT2D eigenvalue weighted by Crippen LogP contribution is 2.39. The molecule has 0 spiro atoms. The number of nitrogens with two attached hydrogens (primary N) is 1. The van der Waals surface area contributed by atoms with E-state index in [0.717, 1.165) is 15.7 Å². The fourth-order valence-electron chi connectivity index (χ4n) is 2.41. The van der Waals surface area contributed by atoms with Crippen LogP contribution in [0.3, 0.4) is 0 Å². The maximum absolute atomic E-state index is 12.3. The van der Waals surface area contributed by atoms with Gasteiger partial charge >= 0.3 is 0 Å². The zero-order valence-corrected chi connectivity index (χ0v) is 12.9. The van der Waals surface area contributed by atoms with Crippen molar-refractivity contribution in [2.45, 2.75) is 24.8 Å². The highest BCUT2D eigenvalue weighted by Gasteiger charge is 2.34. The van der Waals surface area contributed by atoms with Gasteiger partial charge in [-0.05, 0) is 47.5 Å². The first-order valence-electron chi connectivity index (χ1n) is 5.86. The molecule has 0 fully saturated rings. The number of halogens is 1. The highest BCUT2D eigenvalue weighted by molar-refractivity contribution is 9.10. The van der Waals surface area contributed by atoms with Crippen LogP contribution in [0, 0.1) is 6.92 Å². The normalized spacial score (nSPS) is 21.8. The molecule has 0 saturated heterocycles. The number of sulfone groups is 1. The number of fused-ring (bicyclic) bond motifs is 1. The molecule has 1 aromatic carbocycles. The van der Waals surface area contributed by atoms with Crippen molar-refractivity contribution in [3.63, 3.8) is 0 Å². The number of hydrogen-bond acceptors (Lipinski definition) is 4. The zero-order valence-electron chi connectivity index (χ0n) is 10.5. The van der Waals surface area contributed by atoms with Crippen molar-refractivity contribution in [1.82, 2.24) is 0 Å². The van der Waals surface area contributed by atoms with Gasteiger partial charge in [-0.3, -0.25) is 0 Å². The number of hydrogen-bond donors (Lipinski definition) is 1. The van der Waals surface area contributed by atoms with E-state index in [-0.39, 0.29) is 11.8 Å². The molecule has 0 aromatic heterocycles. The Morgan fingerprint density at radius 2 is 2.17 bits per heavy atom. The summed E-state index contributed by atoms with van der Waals surface area (Å²) in [6.45, 7) is 4.98. The molecule has 0 bridgehead atoms. The first-order chi connectivity index (χ1) is 8.36. The van der Waals surface area contributed by atoms with Crippen molar-refractivity contribution in [3.8, 4) is 0 Å². The van der Waals surface area contributed by atoms with Crippen LogP contribution in [0.5, 0.6) is 0 Å². The molecule has 0 radical (unpaired) electrons. The smallest absolute Gasteiger partial charge is 0.182 e. The van der Waals surface area contributed by atoms with Crippen molar-refractivity contribution in [1.29, 1.82) is 0 Å². The summed E-state index contributed by atoms with van der Waals surface area (Å²) in [6.07, 6.45) is 0. The molecule has 4 nitrogen and oxygen atoms in total. The van der Waals surface area contributed by atoms with Gasteiger partial charge in [-0.25, -0.2) is 8.42 Å². The Hall–Kier alpha value is -0.590. The summed E-state index contributed by atoms with van der Waals surface area (Å²) in [4.78, 5) is 2.49. The molecule has 18 heavy (non-hydrogen) atoms. The van der Waals surface area contributed by atoms with E-state index >= 15 is 0 Å². The molecule has 1 unspecified atom stereocenters. The summed E-state index contributed by atoms with van der Waals surface area (Å²) in [5.41, 5.74) is 7.31. The zero-order chi connectivity index (χ0) is 13.5. The molecule has 0 saturated carbocycles. The molecule has 1 aliphatic heterocycles. The van der Waals surface area contributed by atoms with Gasteiger partial charge in [-0.15, -0.1) is 0 Å². The lowest BCUT2D eigenvalue weighted by molar-refractivity contribution is 0.571. The van der Waals surface area contributed by atoms with Crippen molar-refractivity contribution in [2.24, 2.45) is 5.73 Å². The maximum Gasteiger partial charge on any atom is 0.182 e. The van der Waals surface area contributed by atoms with Crippen LogP contribution < -0.4 is 10.6 Å². The van der Waals surface area contributed by atoms with Crippen LogP contribution in [0.1, 0.15) is 12.5 Å². The molecular weight excluding hydrogens is 316 g/mol. The molecule has 1 aromatic rings. The lowest BCUT2D eigenvalue weighted by Crippen LogP contribution is -2.45. The Balaban J connectivity index is 2.69. The van der Waals surface area contributed by atoms with Gasteiger partial charge in [0.25, 0.3) is 0 Å². The molecule has 1 aliphatic rings. The van der Waals surface area contributed by atoms with Crippen LogP contribution >= 0.6 is 15.9 Å². The minimum absolute atomic E-state index is 0.0509. The molecule has 6 heteroatoms. The largest absolute Gasteiger partial charge is 0.365 e. The van der Waals surface area contributed by atoms with E-state index in [1.54, 1.807) is 6.07 Å². The molecular formula is C12H17BrN2O2S. The Labute approximate surface area is 116 Å². The van der Waals surface area contributed by atoms with Gasteiger partial charge in [-0.1, -0.05) is 0 Å². The Kier molecular flexibility index (Phi) is 3.71. The van der Waals surface area contributed by atoms with Crippen LogP contribution in [-0.2, 0) is 9.84 Å². The van der Waals surface area contributed by atoms with Gasteiger partial charge < -0.3 is 10.6 Å². The average molecular weight is 333 g/mol. The summed E-state index contributed by atoms with van der Waals surface area (Å²) in [7, 11) is -3.20. The summed E-state index contributed by atoms with van der Waals surface area (Å²) >= 11 is 3.48.